The molecule has 1 amide bonds. The van der Waals surface area contributed by atoms with Gasteiger partial charge in [0.2, 0.25) is 5.91 Å². The van der Waals surface area contributed by atoms with Crippen molar-refractivity contribution in [2.45, 2.75) is 13.1 Å². The van der Waals surface area contributed by atoms with Crippen molar-refractivity contribution in [3.8, 4) is 0 Å². The van der Waals surface area contributed by atoms with E-state index in [1.54, 1.807) is 34.2 Å². The average molecular weight is 395 g/mol. The zero-order valence-electron chi connectivity index (χ0n) is 12.0. The van der Waals surface area contributed by atoms with E-state index in [0.29, 0.717) is 11.6 Å². The number of carbonyl (C=O) groups is 1. The van der Waals surface area contributed by atoms with E-state index >= 15 is 0 Å². The van der Waals surface area contributed by atoms with Crippen LogP contribution in [0.5, 0.6) is 0 Å². The summed E-state index contributed by atoms with van der Waals surface area (Å²) in [5, 5.41) is 11.7. The number of nitrogens with zero attached hydrogens (tertiary/aromatic N) is 4. The molecule has 1 aromatic carbocycles. The quantitative estimate of drug-likeness (QED) is 0.723. The highest BCUT2D eigenvalue weighted by atomic mass is 79.9. The Bertz CT molecular complexity index is 829. The Morgan fingerprint density at radius 2 is 2.04 bits per heavy atom. The number of amides is 1. The lowest BCUT2D eigenvalue weighted by Gasteiger charge is -2.08. The summed E-state index contributed by atoms with van der Waals surface area (Å²) in [6.45, 7) is 0.743. The van der Waals surface area contributed by atoms with Gasteiger partial charge in [-0.2, -0.15) is 10.2 Å². The fourth-order valence-electron chi connectivity index (χ4n) is 2.13. The molecule has 118 valence electrons. The third-order valence-corrected chi connectivity index (χ3v) is 3.67. The number of nitrogens with one attached hydrogen (secondary N) is 1. The predicted molar refractivity (Wildman–Crippen MR) is 91.3 cm³/mol. The predicted octanol–water partition coefficient (Wildman–Crippen LogP) is 3.18. The van der Waals surface area contributed by atoms with Gasteiger partial charge in [0.05, 0.1) is 28.4 Å². The van der Waals surface area contributed by atoms with Crippen LogP contribution in [0.1, 0.15) is 5.56 Å². The van der Waals surface area contributed by atoms with Gasteiger partial charge < -0.3 is 5.32 Å². The van der Waals surface area contributed by atoms with Gasteiger partial charge >= 0.3 is 0 Å². The van der Waals surface area contributed by atoms with Crippen molar-refractivity contribution in [2.24, 2.45) is 0 Å². The van der Waals surface area contributed by atoms with E-state index in [4.69, 9.17) is 11.6 Å². The van der Waals surface area contributed by atoms with Crippen LogP contribution in [0.2, 0.25) is 5.02 Å². The first kappa shape index (κ1) is 15.8. The number of carbonyl (C=O) groups excluding carboxylic acids is 1. The highest BCUT2D eigenvalue weighted by molar-refractivity contribution is 9.10. The van der Waals surface area contributed by atoms with Crippen molar-refractivity contribution < 1.29 is 4.79 Å². The summed E-state index contributed by atoms with van der Waals surface area (Å²) in [6, 6.07) is 7.61. The van der Waals surface area contributed by atoms with Crippen molar-refractivity contribution in [3.05, 3.63) is 64.1 Å². The Morgan fingerprint density at radius 1 is 1.22 bits per heavy atom. The third-order valence-electron chi connectivity index (χ3n) is 3.06. The highest BCUT2D eigenvalue weighted by Crippen LogP contribution is 2.13. The third kappa shape index (κ3) is 4.43. The molecule has 0 saturated carbocycles. The highest BCUT2D eigenvalue weighted by Gasteiger charge is 2.06. The van der Waals surface area contributed by atoms with Gasteiger partial charge in [0.25, 0.3) is 0 Å². The van der Waals surface area contributed by atoms with E-state index in [1.165, 1.54) is 0 Å². The normalized spacial score (nSPS) is 10.7. The Labute approximate surface area is 146 Å². The van der Waals surface area contributed by atoms with Crippen LogP contribution in [0.4, 0.5) is 5.69 Å². The smallest absolute Gasteiger partial charge is 0.246 e. The molecular formula is C15H13BrClN5O. The zero-order chi connectivity index (χ0) is 16.2. The average Bonchev–Trinajstić information content (AvgIpc) is 3.08. The Morgan fingerprint density at radius 3 is 2.74 bits per heavy atom. The second-order valence-corrected chi connectivity index (χ2v) is 6.31. The molecule has 0 bridgehead atoms. The molecule has 0 fully saturated rings. The lowest BCUT2D eigenvalue weighted by molar-refractivity contribution is -0.116. The maximum Gasteiger partial charge on any atom is 0.246 e. The summed E-state index contributed by atoms with van der Waals surface area (Å²) in [4.78, 5) is 12.0. The molecule has 3 rings (SSSR count). The van der Waals surface area contributed by atoms with E-state index in [2.05, 4.69) is 31.4 Å². The summed E-state index contributed by atoms with van der Waals surface area (Å²) in [5.74, 6) is -0.139. The molecule has 0 aliphatic rings. The molecule has 2 aromatic heterocycles. The van der Waals surface area contributed by atoms with Crippen LogP contribution in [-0.4, -0.2) is 25.5 Å². The van der Waals surface area contributed by atoms with Crippen LogP contribution in [0, 0.1) is 0 Å². The van der Waals surface area contributed by atoms with Gasteiger partial charge in [-0.1, -0.05) is 23.7 Å². The Hall–Kier alpha value is -2.12. The van der Waals surface area contributed by atoms with Gasteiger partial charge in [-0.3, -0.25) is 14.2 Å². The van der Waals surface area contributed by atoms with E-state index in [-0.39, 0.29) is 12.5 Å². The summed E-state index contributed by atoms with van der Waals surface area (Å²) < 4.78 is 4.14. The molecule has 0 aliphatic heterocycles. The fraction of sp³-hybridized carbons (Fsp3) is 0.133. The first-order valence-electron chi connectivity index (χ1n) is 6.83. The molecule has 8 heteroatoms. The summed E-state index contributed by atoms with van der Waals surface area (Å²) in [7, 11) is 0. The van der Waals surface area contributed by atoms with E-state index in [9.17, 15) is 4.79 Å². The largest absolute Gasteiger partial charge is 0.324 e. The molecule has 2 heterocycles. The number of benzene rings is 1. The van der Waals surface area contributed by atoms with Gasteiger partial charge in [-0.05, 0) is 33.6 Å². The SMILES string of the molecule is O=C(Cn1cc(Br)cn1)Nc1cccc(Cn2cc(Cl)cn2)c1. The Kier molecular flexibility index (Phi) is 4.78. The first-order valence-corrected chi connectivity index (χ1v) is 8.00. The van der Waals surface area contributed by atoms with Crippen molar-refractivity contribution >= 4 is 39.1 Å². The molecule has 0 radical (unpaired) electrons. The molecule has 1 N–H and O–H groups in total. The van der Waals surface area contributed by atoms with Crippen LogP contribution in [0.3, 0.4) is 0 Å². The lowest BCUT2D eigenvalue weighted by atomic mass is 10.2. The minimum atomic E-state index is -0.139. The van der Waals surface area contributed by atoms with Gasteiger partial charge in [-0.25, -0.2) is 0 Å². The number of rotatable bonds is 5. The standard InChI is InChI=1S/C15H13BrClN5O/c16-12-5-18-22(8-12)10-15(23)20-14-3-1-2-11(4-14)7-21-9-13(17)6-19-21/h1-6,8-9H,7,10H2,(H,20,23). The Balaban J connectivity index is 1.63. The van der Waals surface area contributed by atoms with Crippen molar-refractivity contribution in [1.29, 1.82) is 0 Å². The fourth-order valence-corrected chi connectivity index (χ4v) is 2.62. The minimum Gasteiger partial charge on any atom is -0.324 e. The van der Waals surface area contributed by atoms with Gasteiger partial charge in [0.1, 0.15) is 6.54 Å². The molecule has 0 aliphatic carbocycles. The van der Waals surface area contributed by atoms with Gasteiger partial charge in [0, 0.05) is 18.1 Å². The number of aromatic nitrogens is 4. The van der Waals surface area contributed by atoms with Crippen molar-refractivity contribution in [3.63, 3.8) is 0 Å². The van der Waals surface area contributed by atoms with Crippen LogP contribution in [-0.2, 0) is 17.9 Å². The lowest BCUT2D eigenvalue weighted by Crippen LogP contribution is -2.19. The topological polar surface area (TPSA) is 64.7 Å². The molecule has 23 heavy (non-hydrogen) atoms. The molecule has 0 spiro atoms. The van der Waals surface area contributed by atoms with Crippen molar-refractivity contribution in [1.82, 2.24) is 19.6 Å². The van der Waals surface area contributed by atoms with E-state index in [1.807, 2.05) is 24.3 Å². The number of hydrogen-bond donors (Lipinski definition) is 1. The molecule has 0 atom stereocenters. The monoisotopic (exact) mass is 393 g/mol. The summed E-state index contributed by atoms with van der Waals surface area (Å²) in [6.07, 6.45) is 6.73. The zero-order valence-corrected chi connectivity index (χ0v) is 14.3. The second-order valence-electron chi connectivity index (χ2n) is 4.96. The van der Waals surface area contributed by atoms with Crippen LogP contribution in [0.25, 0.3) is 0 Å². The molecule has 3 aromatic rings. The van der Waals surface area contributed by atoms with Crippen LogP contribution in [0.15, 0.2) is 53.5 Å². The van der Waals surface area contributed by atoms with E-state index in [0.717, 1.165) is 15.7 Å². The minimum absolute atomic E-state index is 0.139. The van der Waals surface area contributed by atoms with Crippen LogP contribution < -0.4 is 5.32 Å². The summed E-state index contributed by atoms with van der Waals surface area (Å²) >= 11 is 9.15. The van der Waals surface area contributed by atoms with Gasteiger partial charge in [0.15, 0.2) is 0 Å². The van der Waals surface area contributed by atoms with Crippen LogP contribution >= 0.6 is 27.5 Å². The van der Waals surface area contributed by atoms with Crippen molar-refractivity contribution in [2.75, 3.05) is 5.32 Å². The summed E-state index contributed by atoms with van der Waals surface area (Å²) in [5.41, 5.74) is 1.75. The molecule has 6 nitrogen and oxygen atoms in total. The first-order chi connectivity index (χ1) is 11.1. The number of anilines is 1. The molecule has 0 unspecified atom stereocenters. The number of hydrogen-bond acceptors (Lipinski definition) is 3. The second kappa shape index (κ2) is 6.97. The molecular weight excluding hydrogens is 382 g/mol. The number of halogens is 2. The maximum atomic E-state index is 12.0. The van der Waals surface area contributed by atoms with Gasteiger partial charge in [-0.15, -0.1) is 0 Å². The maximum absolute atomic E-state index is 12.0. The molecule has 0 saturated heterocycles. The van der Waals surface area contributed by atoms with E-state index < -0.39 is 0 Å².